The van der Waals surface area contributed by atoms with Crippen LogP contribution in [0.4, 0.5) is 0 Å². The van der Waals surface area contributed by atoms with E-state index >= 15 is 0 Å². The zero-order valence-electron chi connectivity index (χ0n) is 7.22. The van der Waals surface area contributed by atoms with E-state index in [0.717, 1.165) is 5.56 Å². The van der Waals surface area contributed by atoms with E-state index in [1.54, 1.807) is 12.1 Å². The van der Waals surface area contributed by atoms with Gasteiger partial charge >= 0.3 is 0 Å². The maximum absolute atomic E-state index is 5.93. The molecule has 0 atom stereocenters. The van der Waals surface area contributed by atoms with Crippen molar-refractivity contribution in [3.63, 3.8) is 0 Å². The molecule has 0 saturated heterocycles. The highest BCUT2D eigenvalue weighted by Crippen LogP contribution is 2.21. The van der Waals surface area contributed by atoms with Gasteiger partial charge in [-0.25, -0.2) is 9.78 Å². The lowest BCUT2D eigenvalue weighted by Gasteiger charge is -2.03. The summed E-state index contributed by atoms with van der Waals surface area (Å²) in [6.45, 7) is 0.484. The highest BCUT2D eigenvalue weighted by Gasteiger charge is 2.00. The third kappa shape index (κ3) is 3.53. The van der Waals surface area contributed by atoms with Crippen molar-refractivity contribution in [3.8, 4) is 0 Å². The smallest absolute Gasteiger partial charge is 0.0863 e. The summed E-state index contributed by atoms with van der Waals surface area (Å²) >= 11 is 11.7. The van der Waals surface area contributed by atoms with Gasteiger partial charge in [-0.15, -0.1) is 0 Å². The zero-order chi connectivity index (χ0) is 9.68. The standard InChI is InChI=1S/C9H10Cl2O2/c1-12-13-5-4-7-2-3-8(10)6-9(7)11/h2-3,6H,4-5H2,1H3. The Kier molecular flexibility index (Phi) is 4.53. The first-order valence-corrected chi connectivity index (χ1v) is 4.59. The van der Waals surface area contributed by atoms with Gasteiger partial charge in [0.1, 0.15) is 0 Å². The molecule has 2 nitrogen and oxygen atoms in total. The molecule has 0 aliphatic rings. The van der Waals surface area contributed by atoms with E-state index in [1.807, 2.05) is 6.07 Å². The van der Waals surface area contributed by atoms with E-state index < -0.39 is 0 Å². The van der Waals surface area contributed by atoms with E-state index in [1.165, 1.54) is 7.11 Å². The molecule has 0 aromatic heterocycles. The third-order valence-corrected chi connectivity index (χ3v) is 2.17. The zero-order valence-corrected chi connectivity index (χ0v) is 8.73. The van der Waals surface area contributed by atoms with E-state index in [4.69, 9.17) is 28.1 Å². The second-order valence-corrected chi connectivity index (χ2v) is 3.32. The number of hydrogen-bond acceptors (Lipinski definition) is 2. The maximum atomic E-state index is 5.93. The number of benzene rings is 1. The molecule has 0 radical (unpaired) electrons. The molecule has 0 bridgehead atoms. The summed E-state index contributed by atoms with van der Waals surface area (Å²) in [6.07, 6.45) is 0.712. The summed E-state index contributed by atoms with van der Waals surface area (Å²) in [6, 6.07) is 5.39. The van der Waals surface area contributed by atoms with E-state index in [9.17, 15) is 0 Å². The van der Waals surface area contributed by atoms with Gasteiger partial charge in [-0.05, 0) is 17.7 Å². The predicted octanol–water partition coefficient (Wildman–Crippen LogP) is 3.11. The Balaban J connectivity index is 2.56. The molecule has 0 fully saturated rings. The minimum Gasteiger partial charge on any atom is -0.240 e. The largest absolute Gasteiger partial charge is 0.240 e. The summed E-state index contributed by atoms with van der Waals surface area (Å²) in [5, 5.41) is 1.30. The van der Waals surface area contributed by atoms with E-state index in [-0.39, 0.29) is 0 Å². The first-order valence-electron chi connectivity index (χ1n) is 3.83. The fourth-order valence-electron chi connectivity index (χ4n) is 0.959. The Morgan fingerprint density at radius 1 is 1.31 bits per heavy atom. The van der Waals surface area contributed by atoms with Crippen LogP contribution in [0.1, 0.15) is 5.56 Å². The summed E-state index contributed by atoms with van der Waals surface area (Å²) in [7, 11) is 1.48. The average Bonchev–Trinajstić information content (AvgIpc) is 2.09. The van der Waals surface area contributed by atoms with Crippen LogP contribution in [0.2, 0.25) is 10.0 Å². The Labute approximate surface area is 87.3 Å². The number of halogens is 2. The Hall–Kier alpha value is -0.280. The van der Waals surface area contributed by atoms with E-state index in [2.05, 4.69) is 4.89 Å². The van der Waals surface area contributed by atoms with Crippen molar-refractivity contribution in [2.45, 2.75) is 6.42 Å². The number of rotatable bonds is 4. The molecular formula is C9H10Cl2O2. The van der Waals surface area contributed by atoms with Crippen LogP contribution in [-0.4, -0.2) is 13.7 Å². The van der Waals surface area contributed by atoms with Crippen molar-refractivity contribution in [3.05, 3.63) is 33.8 Å². The molecule has 13 heavy (non-hydrogen) atoms. The summed E-state index contributed by atoms with van der Waals surface area (Å²) < 4.78 is 0. The summed E-state index contributed by atoms with van der Waals surface area (Å²) in [5.41, 5.74) is 1.00. The van der Waals surface area contributed by atoms with Gasteiger partial charge in [0.05, 0.1) is 13.7 Å². The van der Waals surface area contributed by atoms with Crippen molar-refractivity contribution in [2.75, 3.05) is 13.7 Å². The van der Waals surface area contributed by atoms with Crippen molar-refractivity contribution >= 4 is 23.2 Å². The van der Waals surface area contributed by atoms with Gasteiger partial charge < -0.3 is 0 Å². The van der Waals surface area contributed by atoms with Crippen LogP contribution < -0.4 is 0 Å². The normalized spacial score (nSPS) is 10.4. The number of hydrogen-bond donors (Lipinski definition) is 0. The quantitative estimate of drug-likeness (QED) is 0.441. The molecule has 0 saturated carbocycles. The van der Waals surface area contributed by atoms with Gasteiger partial charge in [0.25, 0.3) is 0 Å². The second kappa shape index (κ2) is 5.45. The van der Waals surface area contributed by atoms with Gasteiger partial charge in [0.2, 0.25) is 0 Å². The highest BCUT2D eigenvalue weighted by atomic mass is 35.5. The SMILES string of the molecule is COOCCc1ccc(Cl)cc1Cl. The molecule has 0 unspecified atom stereocenters. The minimum absolute atomic E-state index is 0.484. The fraction of sp³-hybridized carbons (Fsp3) is 0.333. The molecule has 1 aromatic rings. The van der Waals surface area contributed by atoms with Crippen LogP contribution in [-0.2, 0) is 16.2 Å². The van der Waals surface area contributed by atoms with Gasteiger partial charge in [-0.2, -0.15) is 0 Å². The van der Waals surface area contributed by atoms with E-state index in [0.29, 0.717) is 23.1 Å². The Morgan fingerprint density at radius 3 is 2.69 bits per heavy atom. The average molecular weight is 221 g/mol. The summed E-state index contributed by atoms with van der Waals surface area (Å²) in [5.74, 6) is 0. The molecule has 1 aromatic carbocycles. The molecule has 4 heteroatoms. The maximum Gasteiger partial charge on any atom is 0.0863 e. The van der Waals surface area contributed by atoms with Crippen LogP contribution in [0, 0.1) is 0 Å². The molecule has 72 valence electrons. The first kappa shape index (κ1) is 10.8. The van der Waals surface area contributed by atoms with Gasteiger partial charge in [0, 0.05) is 16.5 Å². The topological polar surface area (TPSA) is 18.5 Å². The predicted molar refractivity (Wildman–Crippen MR) is 53.1 cm³/mol. The Morgan fingerprint density at radius 2 is 2.08 bits per heavy atom. The van der Waals surface area contributed by atoms with Crippen molar-refractivity contribution in [2.24, 2.45) is 0 Å². The van der Waals surface area contributed by atoms with Crippen LogP contribution >= 0.6 is 23.2 Å². The van der Waals surface area contributed by atoms with Crippen molar-refractivity contribution < 1.29 is 9.78 Å². The third-order valence-electron chi connectivity index (χ3n) is 1.59. The lowest BCUT2D eigenvalue weighted by Crippen LogP contribution is -1.97. The Bertz CT molecular complexity index is 276. The second-order valence-electron chi connectivity index (χ2n) is 2.47. The molecular weight excluding hydrogens is 211 g/mol. The minimum atomic E-state index is 0.484. The molecule has 0 spiro atoms. The highest BCUT2D eigenvalue weighted by molar-refractivity contribution is 6.35. The lowest BCUT2D eigenvalue weighted by molar-refractivity contribution is -0.271. The lowest BCUT2D eigenvalue weighted by atomic mass is 10.2. The van der Waals surface area contributed by atoms with Crippen LogP contribution in [0.15, 0.2) is 18.2 Å². The fourth-order valence-corrected chi connectivity index (χ4v) is 1.46. The van der Waals surface area contributed by atoms with Gasteiger partial charge in [-0.3, -0.25) is 0 Å². The van der Waals surface area contributed by atoms with Gasteiger partial charge in [-0.1, -0.05) is 29.3 Å². The molecule has 1 rings (SSSR count). The molecule has 0 aliphatic carbocycles. The first-order chi connectivity index (χ1) is 6.24. The molecule has 0 N–H and O–H groups in total. The van der Waals surface area contributed by atoms with Crippen LogP contribution in [0.3, 0.4) is 0 Å². The molecule has 0 amide bonds. The van der Waals surface area contributed by atoms with Gasteiger partial charge in [0.15, 0.2) is 0 Å². The van der Waals surface area contributed by atoms with Crippen LogP contribution in [0.25, 0.3) is 0 Å². The van der Waals surface area contributed by atoms with Crippen LogP contribution in [0.5, 0.6) is 0 Å². The van der Waals surface area contributed by atoms with Crippen molar-refractivity contribution in [1.29, 1.82) is 0 Å². The monoisotopic (exact) mass is 220 g/mol. The molecule has 0 heterocycles. The summed E-state index contributed by atoms with van der Waals surface area (Å²) in [4.78, 5) is 9.19. The van der Waals surface area contributed by atoms with Crippen molar-refractivity contribution in [1.82, 2.24) is 0 Å². The molecule has 0 aliphatic heterocycles.